The molecule has 5 atom stereocenters. The second-order valence-corrected chi connectivity index (χ2v) is 20.7. The summed E-state index contributed by atoms with van der Waals surface area (Å²) < 4.78 is 0. The largest absolute Gasteiger partial charge is 0.363 e. The smallest absolute Gasteiger partial charge is 0.285 e. The van der Waals surface area contributed by atoms with Crippen LogP contribution in [0.2, 0.25) is 0 Å². The number of piperazine rings is 1. The second kappa shape index (κ2) is 13.3. The summed E-state index contributed by atoms with van der Waals surface area (Å²) in [5, 5.41) is 3.56. The number of nitrogens with zero attached hydrogens (tertiary/aromatic N) is 2. The van der Waals surface area contributed by atoms with E-state index in [4.69, 9.17) is 5.73 Å². The molecule has 290 valence electrons. The van der Waals surface area contributed by atoms with E-state index < -0.39 is 46.3 Å². The van der Waals surface area contributed by atoms with Crippen molar-refractivity contribution in [2.45, 2.75) is 150 Å². The summed E-state index contributed by atoms with van der Waals surface area (Å²) in [6.07, 6.45) is 9.42. The Balaban J connectivity index is 1.23. The molecule has 2 aliphatic heterocycles. The Bertz CT molecular complexity index is 1490. The lowest BCUT2D eigenvalue weighted by Gasteiger charge is -2.40. The van der Waals surface area contributed by atoms with Crippen molar-refractivity contribution in [2.24, 2.45) is 56.5 Å². The van der Waals surface area contributed by atoms with Gasteiger partial charge in [-0.15, -0.1) is 0 Å². The quantitative estimate of drug-likeness (QED) is 0.247. The Morgan fingerprint density at radius 2 is 1.38 bits per heavy atom. The maximum atomic E-state index is 15.0. The molecule has 0 aromatic carbocycles. The number of nitrogens with one attached hydrogen (secondary N) is 1. The summed E-state index contributed by atoms with van der Waals surface area (Å²) in [6, 6.07) is -0.720. The summed E-state index contributed by atoms with van der Waals surface area (Å²) in [5.41, 5.74) is 4.31. The van der Waals surface area contributed by atoms with E-state index in [0.717, 1.165) is 57.9 Å². The van der Waals surface area contributed by atoms with Crippen molar-refractivity contribution in [2.75, 3.05) is 26.2 Å². The molecule has 2 heterocycles. The van der Waals surface area contributed by atoms with Gasteiger partial charge in [-0.05, 0) is 66.1 Å². The van der Waals surface area contributed by atoms with E-state index in [-0.39, 0.29) is 64.4 Å². The number of hydrogen-bond donors (Lipinski definition) is 2. The minimum Gasteiger partial charge on any atom is -0.363 e. The number of nitrogens with two attached hydrogens (primary N) is 1. The zero-order valence-corrected chi connectivity index (χ0v) is 33.3. The molecule has 6 aliphatic rings. The highest BCUT2D eigenvalue weighted by molar-refractivity contribution is 6.36. The Labute approximate surface area is 311 Å². The SMILES string of the molecule is CC(C)(C)[C@H](CC(=O)C[C@H](C(=O)N1C[C@]2(C[C@H]1C(=O)CC(CC1CCC1)C(=O)C(N)=O)C(C)(C)C21CCC1)C(C)(C)C)C(=O)N1CCNC2(CC2)C1. The minimum absolute atomic E-state index is 0.00288. The average molecular weight is 723 g/mol. The van der Waals surface area contributed by atoms with Crippen LogP contribution in [0.1, 0.15) is 139 Å². The van der Waals surface area contributed by atoms with Crippen molar-refractivity contribution in [3.8, 4) is 0 Å². The Morgan fingerprint density at radius 1 is 0.788 bits per heavy atom. The number of primary amides is 1. The third-order valence-corrected chi connectivity index (χ3v) is 15.5. The van der Waals surface area contributed by atoms with Gasteiger partial charge < -0.3 is 20.9 Å². The fourth-order valence-corrected chi connectivity index (χ4v) is 11.2. The van der Waals surface area contributed by atoms with Gasteiger partial charge in [-0.3, -0.25) is 28.8 Å². The van der Waals surface area contributed by atoms with Crippen LogP contribution < -0.4 is 11.1 Å². The van der Waals surface area contributed by atoms with Gasteiger partial charge in [-0.25, -0.2) is 0 Å². The van der Waals surface area contributed by atoms with E-state index in [2.05, 4.69) is 19.2 Å². The fraction of sp³-hybridized carbons (Fsp3) is 0.857. The van der Waals surface area contributed by atoms with Crippen molar-refractivity contribution in [1.29, 1.82) is 0 Å². The number of amides is 3. The minimum atomic E-state index is -1.01. The molecule has 52 heavy (non-hydrogen) atoms. The van der Waals surface area contributed by atoms with Crippen LogP contribution in [0.25, 0.3) is 0 Å². The van der Waals surface area contributed by atoms with Crippen LogP contribution in [-0.4, -0.2) is 82.6 Å². The fourth-order valence-electron chi connectivity index (χ4n) is 11.2. The van der Waals surface area contributed by atoms with E-state index in [1.165, 1.54) is 0 Å². The molecule has 4 aliphatic carbocycles. The first kappa shape index (κ1) is 39.1. The molecule has 0 aromatic rings. The van der Waals surface area contributed by atoms with Gasteiger partial charge in [-0.1, -0.05) is 81.1 Å². The molecule has 3 spiro atoms. The molecule has 2 saturated heterocycles. The Hall–Kier alpha value is -2.62. The predicted molar refractivity (Wildman–Crippen MR) is 199 cm³/mol. The molecule has 4 saturated carbocycles. The third-order valence-electron chi connectivity index (χ3n) is 15.5. The number of likely N-dealkylation sites (tertiary alicyclic amines) is 1. The topological polar surface area (TPSA) is 147 Å². The standard InChI is InChI=1S/C42H66N4O6/c1-37(2,3)29(35(51)45-18-17-44-40(24-45)15-16-40)21-28(47)22-30(38(4,5)6)36(52)46-25-42(39(7,8)41(42)13-10-14-41)23-31(46)32(48)20-27(33(49)34(43)50)19-26-11-9-12-26/h26-27,29-31,44H,9-25H2,1-8H3,(H2,43,50)/t27?,29-,30-,31+,42-/m1/s1. The van der Waals surface area contributed by atoms with Crippen LogP contribution in [0.15, 0.2) is 0 Å². The summed E-state index contributed by atoms with van der Waals surface area (Å²) in [7, 11) is 0. The normalized spacial score (nSPS) is 28.9. The predicted octanol–water partition coefficient (Wildman–Crippen LogP) is 5.24. The van der Waals surface area contributed by atoms with Crippen LogP contribution >= 0.6 is 0 Å². The van der Waals surface area contributed by atoms with Crippen LogP contribution in [0.5, 0.6) is 0 Å². The lowest BCUT2D eigenvalue weighted by Crippen LogP contribution is -2.56. The van der Waals surface area contributed by atoms with E-state index in [0.29, 0.717) is 38.4 Å². The highest BCUT2D eigenvalue weighted by Gasteiger charge is 2.85. The Kier molecular flexibility index (Phi) is 9.99. The summed E-state index contributed by atoms with van der Waals surface area (Å²) >= 11 is 0. The zero-order chi connectivity index (χ0) is 38.2. The van der Waals surface area contributed by atoms with Gasteiger partial charge in [0, 0.05) is 74.1 Å². The van der Waals surface area contributed by atoms with Crippen LogP contribution in [-0.2, 0) is 28.8 Å². The van der Waals surface area contributed by atoms with Crippen molar-refractivity contribution < 1.29 is 28.8 Å². The highest BCUT2D eigenvalue weighted by Crippen LogP contribution is 2.88. The lowest BCUT2D eigenvalue weighted by molar-refractivity contribution is -0.147. The lowest BCUT2D eigenvalue weighted by atomic mass is 9.73. The van der Waals surface area contributed by atoms with Gasteiger partial charge in [0.05, 0.1) is 6.04 Å². The third kappa shape index (κ3) is 6.70. The van der Waals surface area contributed by atoms with Gasteiger partial charge in [0.25, 0.3) is 5.91 Å². The molecule has 0 radical (unpaired) electrons. The van der Waals surface area contributed by atoms with E-state index in [1.54, 1.807) is 4.90 Å². The number of hydrogen-bond acceptors (Lipinski definition) is 7. The number of carbonyl (C=O) groups excluding carboxylic acids is 6. The maximum absolute atomic E-state index is 15.0. The molecule has 10 nitrogen and oxygen atoms in total. The number of fused-ring (bicyclic) bond motifs is 1. The highest BCUT2D eigenvalue weighted by atomic mass is 16.2. The van der Waals surface area contributed by atoms with Crippen molar-refractivity contribution in [3.05, 3.63) is 0 Å². The van der Waals surface area contributed by atoms with Gasteiger partial charge in [0.1, 0.15) is 5.78 Å². The number of carbonyl (C=O) groups is 6. The molecule has 0 aromatic heterocycles. The van der Waals surface area contributed by atoms with E-state index in [9.17, 15) is 28.8 Å². The van der Waals surface area contributed by atoms with E-state index >= 15 is 0 Å². The number of rotatable bonds is 13. The first-order valence-electron chi connectivity index (χ1n) is 20.3. The first-order chi connectivity index (χ1) is 24.1. The van der Waals surface area contributed by atoms with Gasteiger partial charge in [-0.2, -0.15) is 0 Å². The second-order valence-electron chi connectivity index (χ2n) is 20.7. The molecule has 0 bridgehead atoms. The summed E-state index contributed by atoms with van der Waals surface area (Å²) in [6.45, 7) is 19.0. The molecule has 6 fully saturated rings. The maximum Gasteiger partial charge on any atom is 0.285 e. The van der Waals surface area contributed by atoms with Gasteiger partial charge in [0.2, 0.25) is 17.6 Å². The van der Waals surface area contributed by atoms with Crippen molar-refractivity contribution in [1.82, 2.24) is 15.1 Å². The molecule has 10 heteroatoms. The van der Waals surface area contributed by atoms with Crippen LogP contribution in [0, 0.1) is 50.7 Å². The molecular weight excluding hydrogens is 656 g/mol. The first-order valence-corrected chi connectivity index (χ1v) is 20.3. The van der Waals surface area contributed by atoms with Gasteiger partial charge >= 0.3 is 0 Å². The van der Waals surface area contributed by atoms with E-state index in [1.807, 2.05) is 46.4 Å². The summed E-state index contributed by atoms with van der Waals surface area (Å²) in [4.78, 5) is 86.4. The Morgan fingerprint density at radius 3 is 1.85 bits per heavy atom. The average Bonchev–Trinajstić information content (AvgIpc) is 3.75. The number of ketones is 3. The van der Waals surface area contributed by atoms with Crippen molar-refractivity contribution in [3.63, 3.8) is 0 Å². The molecule has 3 amide bonds. The number of Topliss-reactive ketones (excluding diaryl/α,β-unsaturated/α-hetero) is 3. The van der Waals surface area contributed by atoms with Crippen LogP contribution in [0.4, 0.5) is 0 Å². The monoisotopic (exact) mass is 722 g/mol. The summed E-state index contributed by atoms with van der Waals surface area (Å²) in [5.74, 6) is -3.82. The molecule has 6 rings (SSSR count). The zero-order valence-electron chi connectivity index (χ0n) is 33.3. The van der Waals surface area contributed by atoms with Crippen molar-refractivity contribution >= 4 is 35.1 Å². The van der Waals surface area contributed by atoms with Gasteiger partial charge in [0.15, 0.2) is 5.78 Å². The molecular formula is C42H66N4O6. The molecule has 1 unspecified atom stereocenters. The molecule has 3 N–H and O–H groups in total. The van der Waals surface area contributed by atoms with Crippen LogP contribution in [0.3, 0.4) is 0 Å².